The van der Waals surface area contributed by atoms with Gasteiger partial charge in [-0.15, -0.1) is 11.3 Å². The second-order valence-electron chi connectivity index (χ2n) is 6.92. The Balaban J connectivity index is 1.71. The number of benzene rings is 2. The van der Waals surface area contributed by atoms with Gasteiger partial charge in [-0.1, -0.05) is 24.3 Å². The van der Waals surface area contributed by atoms with Crippen molar-refractivity contribution in [3.63, 3.8) is 0 Å². The normalized spacial score (nSPS) is 11.9. The van der Waals surface area contributed by atoms with Gasteiger partial charge >= 0.3 is 5.97 Å². The zero-order valence-electron chi connectivity index (χ0n) is 16.8. The van der Waals surface area contributed by atoms with E-state index in [1.807, 2.05) is 60.8 Å². The predicted molar refractivity (Wildman–Crippen MR) is 120 cm³/mol. The lowest BCUT2D eigenvalue weighted by Gasteiger charge is -2.21. The summed E-state index contributed by atoms with van der Waals surface area (Å²) in [5.74, 6) is -0.169. The molecule has 2 aromatic carbocycles. The second-order valence-corrected chi connectivity index (χ2v) is 7.90. The van der Waals surface area contributed by atoms with E-state index in [1.54, 1.807) is 30.4 Å². The fourth-order valence-corrected chi connectivity index (χ4v) is 4.15. The minimum absolute atomic E-state index is 0.172. The van der Waals surface area contributed by atoms with Gasteiger partial charge in [0.2, 0.25) is 0 Å². The van der Waals surface area contributed by atoms with Gasteiger partial charge in [-0.05, 0) is 55.6 Å². The topological polar surface area (TPSA) is 71.5 Å². The van der Waals surface area contributed by atoms with Crippen molar-refractivity contribution in [3.8, 4) is 5.75 Å². The van der Waals surface area contributed by atoms with Crippen molar-refractivity contribution in [2.45, 2.75) is 19.9 Å². The number of pyridine rings is 1. The highest BCUT2D eigenvalue weighted by atomic mass is 32.1. The third kappa shape index (κ3) is 4.00. The molecule has 0 amide bonds. The Hall–Kier alpha value is -3.38. The second kappa shape index (κ2) is 8.55. The Morgan fingerprint density at radius 3 is 2.60 bits per heavy atom. The van der Waals surface area contributed by atoms with Gasteiger partial charge < -0.3 is 15.2 Å². The first-order valence-electron chi connectivity index (χ1n) is 9.73. The third-order valence-electron chi connectivity index (χ3n) is 4.85. The standard InChI is InChI=1S/C24H22N2O3S/c1-3-29-24(28)17-8-11-18(12-9-17)26-22(20-5-4-14-30-20)19-13-10-16-7-6-15(2)25-21(16)23(19)27/h4-14,22,26-27H,3H2,1-2H3. The van der Waals surface area contributed by atoms with Gasteiger partial charge in [0, 0.05) is 27.2 Å². The number of phenolic OH excluding ortho intramolecular Hbond substituents is 1. The summed E-state index contributed by atoms with van der Waals surface area (Å²) < 4.78 is 5.05. The molecule has 30 heavy (non-hydrogen) atoms. The first kappa shape index (κ1) is 19.9. The molecule has 1 atom stereocenters. The lowest BCUT2D eigenvalue weighted by Crippen LogP contribution is -2.12. The average Bonchev–Trinajstić information content (AvgIpc) is 3.28. The monoisotopic (exact) mass is 418 g/mol. The fraction of sp³-hybridized carbons (Fsp3) is 0.167. The van der Waals surface area contributed by atoms with E-state index in [0.29, 0.717) is 17.7 Å². The van der Waals surface area contributed by atoms with Crippen LogP contribution in [-0.4, -0.2) is 22.7 Å². The van der Waals surface area contributed by atoms with Crippen LogP contribution in [0.5, 0.6) is 5.75 Å². The number of esters is 1. The molecule has 0 saturated heterocycles. The highest BCUT2D eigenvalue weighted by Gasteiger charge is 2.21. The summed E-state index contributed by atoms with van der Waals surface area (Å²) in [5, 5.41) is 17.4. The number of anilines is 1. The number of carbonyl (C=O) groups excluding carboxylic acids is 1. The van der Waals surface area contributed by atoms with Crippen molar-refractivity contribution in [2.75, 3.05) is 11.9 Å². The average molecular weight is 419 g/mol. The van der Waals surface area contributed by atoms with E-state index in [0.717, 1.165) is 27.2 Å². The summed E-state index contributed by atoms with van der Waals surface area (Å²) in [6.45, 7) is 4.03. The number of aryl methyl sites for hydroxylation is 1. The molecule has 0 saturated carbocycles. The SMILES string of the molecule is CCOC(=O)c1ccc(NC(c2cccs2)c2ccc3ccc(C)nc3c2O)cc1. The van der Waals surface area contributed by atoms with Crippen molar-refractivity contribution in [1.82, 2.24) is 4.98 Å². The van der Waals surface area contributed by atoms with Crippen molar-refractivity contribution in [3.05, 3.63) is 87.7 Å². The van der Waals surface area contributed by atoms with Gasteiger partial charge in [0.15, 0.2) is 0 Å². The fourth-order valence-electron chi connectivity index (χ4n) is 3.36. The molecule has 1 unspecified atom stereocenters. The molecule has 4 rings (SSSR count). The molecule has 4 aromatic rings. The van der Waals surface area contributed by atoms with Crippen LogP contribution in [0.2, 0.25) is 0 Å². The van der Waals surface area contributed by atoms with Crippen LogP contribution in [0, 0.1) is 6.92 Å². The minimum Gasteiger partial charge on any atom is -0.505 e. The molecule has 0 aliphatic rings. The van der Waals surface area contributed by atoms with E-state index in [9.17, 15) is 9.90 Å². The Bertz CT molecular complexity index is 1170. The quantitative estimate of drug-likeness (QED) is 0.394. The highest BCUT2D eigenvalue weighted by molar-refractivity contribution is 7.10. The largest absolute Gasteiger partial charge is 0.505 e. The number of hydrogen-bond acceptors (Lipinski definition) is 6. The van der Waals surface area contributed by atoms with E-state index in [1.165, 1.54) is 0 Å². The van der Waals surface area contributed by atoms with Gasteiger partial charge in [0.25, 0.3) is 0 Å². The molecule has 0 radical (unpaired) electrons. The van der Waals surface area contributed by atoms with Crippen molar-refractivity contribution in [2.24, 2.45) is 0 Å². The molecule has 5 nitrogen and oxygen atoms in total. The number of nitrogens with zero attached hydrogens (tertiary/aromatic N) is 1. The molecule has 152 valence electrons. The van der Waals surface area contributed by atoms with Crippen LogP contribution >= 0.6 is 11.3 Å². The van der Waals surface area contributed by atoms with E-state index in [2.05, 4.69) is 10.3 Å². The van der Waals surface area contributed by atoms with E-state index < -0.39 is 0 Å². The molecular formula is C24H22N2O3S. The summed E-state index contributed by atoms with van der Waals surface area (Å²) in [5.41, 5.74) is 3.53. The zero-order chi connectivity index (χ0) is 21.1. The molecule has 0 fully saturated rings. The smallest absolute Gasteiger partial charge is 0.338 e. The lowest BCUT2D eigenvalue weighted by atomic mass is 10.0. The maximum atomic E-state index is 11.9. The highest BCUT2D eigenvalue weighted by Crippen LogP contribution is 2.38. The molecule has 2 heterocycles. The summed E-state index contributed by atoms with van der Waals surface area (Å²) in [6, 6.07) is 18.7. The number of fused-ring (bicyclic) bond motifs is 1. The van der Waals surface area contributed by atoms with Crippen molar-refractivity contribution >= 4 is 33.9 Å². The molecule has 2 N–H and O–H groups in total. The molecule has 0 aliphatic carbocycles. The van der Waals surface area contributed by atoms with Crippen LogP contribution in [0.4, 0.5) is 5.69 Å². The van der Waals surface area contributed by atoms with Crippen LogP contribution in [0.15, 0.2) is 66.0 Å². The van der Waals surface area contributed by atoms with Crippen LogP contribution in [0.25, 0.3) is 10.9 Å². The molecule has 0 aliphatic heterocycles. The Labute approximate surface area is 179 Å². The molecule has 6 heteroatoms. The van der Waals surface area contributed by atoms with Crippen LogP contribution in [0.3, 0.4) is 0 Å². The van der Waals surface area contributed by atoms with Crippen LogP contribution < -0.4 is 5.32 Å². The summed E-state index contributed by atoms with van der Waals surface area (Å²) >= 11 is 1.61. The van der Waals surface area contributed by atoms with Crippen LogP contribution in [-0.2, 0) is 4.74 Å². The maximum absolute atomic E-state index is 11.9. The Kier molecular flexibility index (Phi) is 5.68. The zero-order valence-corrected chi connectivity index (χ0v) is 17.6. The van der Waals surface area contributed by atoms with Crippen LogP contribution in [0.1, 0.15) is 39.5 Å². The van der Waals surface area contributed by atoms with Gasteiger partial charge in [-0.25, -0.2) is 9.78 Å². The number of aromatic nitrogens is 1. The number of phenols is 1. The number of carbonyl (C=O) groups is 1. The van der Waals surface area contributed by atoms with Gasteiger partial charge in [0.1, 0.15) is 11.3 Å². The number of aromatic hydroxyl groups is 1. The Morgan fingerprint density at radius 1 is 1.13 bits per heavy atom. The van der Waals surface area contributed by atoms with Crippen molar-refractivity contribution in [1.29, 1.82) is 0 Å². The summed E-state index contributed by atoms with van der Waals surface area (Å²) in [4.78, 5) is 17.5. The van der Waals surface area contributed by atoms with Gasteiger partial charge in [0.05, 0.1) is 18.2 Å². The van der Waals surface area contributed by atoms with E-state index >= 15 is 0 Å². The lowest BCUT2D eigenvalue weighted by molar-refractivity contribution is 0.0526. The summed E-state index contributed by atoms with van der Waals surface area (Å²) in [7, 11) is 0. The van der Waals surface area contributed by atoms with Gasteiger partial charge in [-0.2, -0.15) is 0 Å². The number of hydrogen-bond donors (Lipinski definition) is 2. The number of ether oxygens (including phenoxy) is 1. The number of thiophene rings is 1. The van der Waals surface area contributed by atoms with E-state index in [4.69, 9.17) is 4.74 Å². The number of rotatable bonds is 6. The maximum Gasteiger partial charge on any atom is 0.338 e. The molecular weight excluding hydrogens is 396 g/mol. The third-order valence-corrected chi connectivity index (χ3v) is 5.79. The Morgan fingerprint density at radius 2 is 1.90 bits per heavy atom. The van der Waals surface area contributed by atoms with Gasteiger partial charge in [-0.3, -0.25) is 0 Å². The minimum atomic E-state index is -0.340. The first-order valence-corrected chi connectivity index (χ1v) is 10.6. The molecule has 2 aromatic heterocycles. The first-order chi connectivity index (χ1) is 14.6. The number of nitrogens with one attached hydrogen (secondary N) is 1. The predicted octanol–water partition coefficient (Wildman–Crippen LogP) is 5.69. The van der Waals surface area contributed by atoms with E-state index in [-0.39, 0.29) is 17.8 Å². The summed E-state index contributed by atoms with van der Waals surface area (Å²) in [6.07, 6.45) is 0. The molecule has 0 spiro atoms. The molecule has 0 bridgehead atoms. The van der Waals surface area contributed by atoms with Crippen molar-refractivity contribution < 1.29 is 14.6 Å².